The highest BCUT2D eigenvalue weighted by Crippen LogP contribution is 2.29. The Hall–Kier alpha value is -13.4. The second-order valence-electron chi connectivity index (χ2n) is 24.8. The molecule has 0 fully saturated rings. The van der Waals surface area contributed by atoms with Crippen LogP contribution in [0.2, 0.25) is 0 Å². The van der Waals surface area contributed by atoms with Crippen molar-refractivity contribution in [3.05, 3.63) is 131 Å². The van der Waals surface area contributed by atoms with Crippen LogP contribution < -0.4 is 117 Å². The van der Waals surface area contributed by atoms with Gasteiger partial charge >= 0.3 is 5.97 Å². The van der Waals surface area contributed by atoms with Crippen LogP contribution in [0.3, 0.4) is 0 Å². The summed E-state index contributed by atoms with van der Waals surface area (Å²) in [6.45, 7) is 0.0437. The van der Waals surface area contributed by atoms with Crippen molar-refractivity contribution in [1.82, 2.24) is 47.5 Å². The summed E-state index contributed by atoms with van der Waals surface area (Å²) in [5.41, 5.74) is 34.7. The molecule has 5 atom stereocenters. The number of unbranched alkanes of at least 4 members (excludes halogenated alkanes) is 3. The number of hydrogen-bond acceptors (Lipinski definition) is 19. The van der Waals surface area contributed by atoms with Gasteiger partial charge in [-0.1, -0.05) is 18.2 Å². The van der Waals surface area contributed by atoms with E-state index in [2.05, 4.69) is 68.8 Å². The number of para-hydroxylation sites is 1. The molecular formula is C71H95N23O15. The molecule has 0 aliphatic heterocycles. The smallest absolute Gasteiger partial charge is 0.341 e. The lowest BCUT2D eigenvalue weighted by Gasteiger charge is -2.22. The number of amides is 9. The largest absolute Gasteiger partial charge is 0.496 e. The normalized spacial score (nSPS) is 12.1. The summed E-state index contributed by atoms with van der Waals surface area (Å²) in [4.78, 5) is 142. The molecule has 9 amide bonds. The number of nitrogens with one attached hydrogen (secondary N) is 17. The molecule has 0 saturated heterocycles. The van der Waals surface area contributed by atoms with E-state index < -0.39 is 96.0 Å². The van der Waals surface area contributed by atoms with E-state index in [1.54, 1.807) is 6.20 Å². The lowest BCUT2D eigenvalue weighted by molar-refractivity contribution is -0.139. The van der Waals surface area contributed by atoms with Gasteiger partial charge in [-0.05, 0) is 155 Å². The molecule has 0 aliphatic carbocycles. The van der Waals surface area contributed by atoms with E-state index in [0.717, 1.165) is 17.0 Å². The number of benzene rings is 5. The number of guanidine groups is 4. The van der Waals surface area contributed by atoms with Gasteiger partial charge in [0, 0.05) is 72.4 Å². The zero-order valence-corrected chi connectivity index (χ0v) is 60.3. The van der Waals surface area contributed by atoms with Gasteiger partial charge in [-0.25, -0.2) is 4.79 Å². The summed E-state index contributed by atoms with van der Waals surface area (Å²) in [6, 6.07) is 17.2. The van der Waals surface area contributed by atoms with E-state index in [-0.39, 0.29) is 156 Å². The third-order valence-electron chi connectivity index (χ3n) is 16.6. The molecule has 0 aliphatic rings. The third-order valence-corrected chi connectivity index (χ3v) is 16.6. The first-order valence-electron chi connectivity index (χ1n) is 34.5. The molecule has 6 aromatic rings. The zero-order chi connectivity index (χ0) is 79.7. The first kappa shape index (κ1) is 84.5. The number of aliphatic carboxylic acids is 1. The van der Waals surface area contributed by atoms with Crippen molar-refractivity contribution in [2.45, 2.75) is 107 Å². The summed E-state index contributed by atoms with van der Waals surface area (Å²) in [7, 11) is 3.91. The fourth-order valence-electron chi connectivity index (χ4n) is 11.1. The maximum Gasteiger partial charge on any atom is 0.341 e. The molecule has 5 unspecified atom stereocenters. The molecule has 584 valence electrons. The molecule has 0 saturated carbocycles. The van der Waals surface area contributed by atoms with Crippen LogP contribution in [0.1, 0.15) is 118 Å². The molecule has 38 nitrogen and oxygen atoms in total. The minimum atomic E-state index is -1.42. The molecule has 0 spiro atoms. The van der Waals surface area contributed by atoms with Crippen LogP contribution in [0, 0.1) is 21.6 Å². The van der Waals surface area contributed by atoms with Gasteiger partial charge in [0.2, 0.25) is 29.5 Å². The number of aromatic amines is 1. The summed E-state index contributed by atoms with van der Waals surface area (Å²) >= 11 is 0. The predicted octanol–water partition coefficient (Wildman–Crippen LogP) is 1.18. The first-order chi connectivity index (χ1) is 52.1. The van der Waals surface area contributed by atoms with E-state index in [0.29, 0.717) is 44.2 Å². The monoisotopic (exact) mass is 1510 g/mol. The Bertz CT molecular complexity index is 4280. The second kappa shape index (κ2) is 42.5. The molecule has 1 heterocycles. The molecule has 109 heavy (non-hydrogen) atoms. The molecular weight excluding hydrogens is 1410 g/mol. The Morgan fingerprint density at radius 3 is 1.13 bits per heavy atom. The van der Waals surface area contributed by atoms with Gasteiger partial charge in [-0.15, -0.1) is 0 Å². The standard InChI is InChI=1S/C71H95N23O15/c1-106-54-23-19-39(87-64(102)48(72)14-12-30-85-71(80)81)32-44(54)60(98)91-50(16-6-9-27-82-68(74)75)65(103)88-40-20-24-55(107-2)45(33-40)61(99)92-51(17-7-10-28-83-69(76)77)66(104)90-42-22-26-57(109-37-58(95)96)47(35-42)63(101)93-52(18-8-11-29-84-70(78)79)67(105)89-41-21-25-56(108-3)46(34-41)62(100)94-53(59(73)97)31-38-36-86-49-15-5-4-13-43(38)49/h4-5,13,15,19-26,32-36,48,50-53,86H,6-12,14,16-18,27-31,37,72H2,1-3H3,(H2,73,97)(H,87,102)(H,88,103)(H,89,105)(H,90,104)(H,91,98)(H,92,99)(H,93,101)(H,94,100)(H,95,96)(H4,74,75,82)(H4,76,77,83)(H4,78,79,84)(H4,80,81,85). The summed E-state index contributed by atoms with van der Waals surface area (Å²) in [6.07, 6.45) is 4.17. The van der Waals surface area contributed by atoms with Crippen LogP contribution in [0.15, 0.2) is 103 Å². The number of primary amides is 1. The molecule has 5 aromatic carbocycles. The number of carbonyl (C=O) groups is 10. The number of carboxylic acids is 1. The Kier molecular flexibility index (Phi) is 33.0. The zero-order valence-electron chi connectivity index (χ0n) is 60.3. The van der Waals surface area contributed by atoms with Gasteiger partial charge in [0.25, 0.3) is 23.6 Å². The maximum absolute atomic E-state index is 14.7. The maximum atomic E-state index is 14.7. The lowest BCUT2D eigenvalue weighted by atomic mass is 10.0. The Labute approximate surface area is 626 Å². The molecule has 1 aromatic heterocycles. The number of methoxy groups -OCH3 is 3. The molecule has 0 radical (unpaired) electrons. The Morgan fingerprint density at radius 2 is 0.771 bits per heavy atom. The third kappa shape index (κ3) is 27.2. The van der Waals surface area contributed by atoms with Crippen LogP contribution in [-0.2, 0) is 35.2 Å². The number of nitrogens with two attached hydrogens (primary N) is 6. The first-order valence-corrected chi connectivity index (χ1v) is 34.5. The summed E-state index contributed by atoms with van der Waals surface area (Å²) in [5, 5.41) is 72.9. The Morgan fingerprint density at radius 1 is 0.431 bits per heavy atom. The molecule has 0 bridgehead atoms. The number of anilines is 4. The second-order valence-corrected chi connectivity index (χ2v) is 24.8. The number of ether oxygens (including phenoxy) is 4. The predicted molar refractivity (Wildman–Crippen MR) is 408 cm³/mol. The number of aromatic nitrogens is 1. The van der Waals surface area contributed by atoms with E-state index >= 15 is 0 Å². The van der Waals surface area contributed by atoms with Crippen LogP contribution in [0.4, 0.5) is 22.7 Å². The quantitative estimate of drug-likeness (QED) is 0.0145. The topological polar surface area (TPSA) is 640 Å². The number of hydrogen-bond donors (Lipinski definition) is 24. The summed E-state index contributed by atoms with van der Waals surface area (Å²) in [5.74, 6) is -9.95. The van der Waals surface area contributed by atoms with Gasteiger partial charge in [0.15, 0.2) is 30.4 Å². The average Bonchev–Trinajstić information content (AvgIpc) is 1.13. The SMILES string of the molecule is COc1ccc(NC(=O)C(CCCCNC(=N)N)NC(=O)c2cc(NC(=O)C(CCCCNC(=N)N)NC(=O)c3cc(NC(=O)C(CCCCNC(=N)N)NC(=O)c4cc(NC(=O)C(N)CCCNC(=N)N)ccc4OC)ccc3OC)ccc2OCC(=O)O)cc1C(=O)NC(Cc1c[nH]c2ccccc12)C(N)=O. The van der Waals surface area contributed by atoms with Gasteiger partial charge in [-0.3, -0.25) is 64.8 Å². The fraction of sp³-hybridized carbons (Fsp3) is 0.352. The van der Waals surface area contributed by atoms with Crippen molar-refractivity contribution in [2.24, 2.45) is 34.4 Å². The number of fused-ring (bicyclic) bond motifs is 1. The highest BCUT2D eigenvalue weighted by Gasteiger charge is 2.31. The molecule has 6 rings (SSSR count). The lowest BCUT2D eigenvalue weighted by Crippen LogP contribution is -2.46. The van der Waals surface area contributed by atoms with Crippen LogP contribution in [0.25, 0.3) is 10.9 Å². The van der Waals surface area contributed by atoms with E-state index in [1.807, 2.05) is 24.3 Å². The number of rotatable bonds is 44. The van der Waals surface area contributed by atoms with Gasteiger partial charge in [0.05, 0.1) is 49.6 Å². The highest BCUT2D eigenvalue weighted by atomic mass is 16.5. The number of carboxylic acid groups (broad SMARTS) is 1. The minimum Gasteiger partial charge on any atom is -0.496 e. The van der Waals surface area contributed by atoms with Crippen molar-refractivity contribution < 1.29 is 72.0 Å². The van der Waals surface area contributed by atoms with Crippen LogP contribution in [0.5, 0.6) is 23.0 Å². The van der Waals surface area contributed by atoms with E-state index in [9.17, 15) is 53.1 Å². The van der Waals surface area contributed by atoms with Crippen molar-refractivity contribution in [3.63, 3.8) is 0 Å². The van der Waals surface area contributed by atoms with E-state index in [1.165, 1.54) is 88.1 Å². The van der Waals surface area contributed by atoms with E-state index in [4.69, 9.17) is 75.0 Å². The summed E-state index contributed by atoms with van der Waals surface area (Å²) < 4.78 is 22.1. The minimum absolute atomic E-state index is 0.00901. The van der Waals surface area contributed by atoms with Crippen molar-refractivity contribution in [1.29, 1.82) is 21.6 Å². The van der Waals surface area contributed by atoms with Gasteiger partial charge < -0.3 is 127 Å². The number of H-pyrrole nitrogens is 1. The number of carbonyl (C=O) groups excluding carboxylic acids is 9. The fourth-order valence-corrected chi connectivity index (χ4v) is 11.1. The van der Waals surface area contributed by atoms with Crippen molar-refractivity contribution in [3.8, 4) is 23.0 Å². The van der Waals surface area contributed by atoms with Crippen molar-refractivity contribution in [2.75, 3.05) is 75.4 Å². The molecule has 30 N–H and O–H groups in total. The van der Waals surface area contributed by atoms with Gasteiger partial charge in [0.1, 0.15) is 47.2 Å². The molecule has 38 heteroatoms. The van der Waals surface area contributed by atoms with Gasteiger partial charge in [-0.2, -0.15) is 0 Å². The van der Waals surface area contributed by atoms with Crippen LogP contribution >= 0.6 is 0 Å². The average molecular weight is 1510 g/mol. The highest BCUT2D eigenvalue weighted by molar-refractivity contribution is 6.08. The Balaban J connectivity index is 1.24. The van der Waals surface area contributed by atoms with Crippen LogP contribution in [-0.4, -0.2) is 177 Å². The van der Waals surface area contributed by atoms with Crippen molar-refractivity contribution >= 4 is 117 Å².